The molecule has 0 aliphatic heterocycles. The van der Waals surface area contributed by atoms with Crippen molar-refractivity contribution in [2.45, 2.75) is 6.92 Å². The number of aromatic nitrogens is 3. The van der Waals surface area contributed by atoms with Crippen LogP contribution in [0.3, 0.4) is 0 Å². The first-order chi connectivity index (χ1) is 14.3. The van der Waals surface area contributed by atoms with Crippen LogP contribution in [0.2, 0.25) is 0 Å². The lowest BCUT2D eigenvalue weighted by molar-refractivity contribution is 0.0755. The number of rotatable bonds is 12. The summed E-state index contributed by atoms with van der Waals surface area (Å²) in [6.07, 6.45) is 4.73. The molecule has 1 aromatic heterocycles. The maximum atomic E-state index is 5.80. The van der Waals surface area contributed by atoms with E-state index in [2.05, 4.69) is 15.3 Å². The quantitative estimate of drug-likeness (QED) is 0.346. The molecule has 0 aliphatic rings. The van der Waals surface area contributed by atoms with Crippen molar-refractivity contribution in [2.75, 3.05) is 33.0 Å². The topological polar surface area (TPSA) is 80.0 Å². The average Bonchev–Trinajstić information content (AvgIpc) is 3.27. The molecule has 8 heteroatoms. The first kappa shape index (κ1) is 20.3. The van der Waals surface area contributed by atoms with Crippen molar-refractivity contribution in [1.29, 1.82) is 0 Å². The Morgan fingerprint density at radius 3 is 2.38 bits per heavy atom. The molecule has 0 atom stereocenters. The Bertz CT molecular complexity index is 870. The van der Waals surface area contributed by atoms with Gasteiger partial charge in [-0.2, -0.15) is 5.10 Å². The third kappa shape index (κ3) is 6.93. The van der Waals surface area contributed by atoms with Gasteiger partial charge in [0.15, 0.2) is 11.5 Å². The Kier molecular flexibility index (Phi) is 8.04. The van der Waals surface area contributed by atoms with E-state index in [4.69, 9.17) is 18.9 Å². The lowest BCUT2D eigenvalue weighted by Gasteiger charge is -2.13. The summed E-state index contributed by atoms with van der Waals surface area (Å²) in [5.41, 5.74) is 0.879. The van der Waals surface area contributed by atoms with E-state index < -0.39 is 0 Å². The minimum atomic E-state index is 0.416. The zero-order valence-electron chi connectivity index (χ0n) is 16.3. The van der Waals surface area contributed by atoms with Crippen molar-refractivity contribution in [3.05, 3.63) is 66.7 Å². The molecule has 8 nitrogen and oxygen atoms in total. The summed E-state index contributed by atoms with van der Waals surface area (Å²) < 4.78 is 24.1. The highest BCUT2D eigenvalue weighted by molar-refractivity contribution is 5.80. The van der Waals surface area contributed by atoms with Crippen molar-refractivity contribution in [3.8, 4) is 17.2 Å². The Morgan fingerprint density at radius 2 is 1.62 bits per heavy atom. The van der Waals surface area contributed by atoms with E-state index >= 15 is 0 Å². The molecule has 0 amide bonds. The first-order valence-corrected chi connectivity index (χ1v) is 9.39. The fourth-order valence-corrected chi connectivity index (χ4v) is 2.43. The van der Waals surface area contributed by atoms with Crippen LogP contribution >= 0.6 is 0 Å². The second-order valence-corrected chi connectivity index (χ2v) is 5.85. The van der Waals surface area contributed by atoms with Crippen molar-refractivity contribution in [3.63, 3.8) is 0 Å². The largest absolute Gasteiger partial charge is 0.491 e. The average molecular weight is 396 g/mol. The monoisotopic (exact) mass is 396 g/mol. The number of nitrogens with zero attached hydrogens (tertiary/aromatic N) is 4. The van der Waals surface area contributed by atoms with Gasteiger partial charge in [-0.3, -0.25) is 0 Å². The number of benzene rings is 2. The van der Waals surface area contributed by atoms with E-state index in [1.54, 1.807) is 6.21 Å². The molecule has 0 spiro atoms. The Hall–Kier alpha value is -3.39. The SMILES string of the molecule is CCOc1cc(C=Nn2cnnc2)ccc1OCCOCCOc1ccccc1. The summed E-state index contributed by atoms with van der Waals surface area (Å²) in [5.74, 6) is 2.16. The number of para-hydroxylation sites is 1. The van der Waals surface area contributed by atoms with E-state index in [9.17, 15) is 0 Å². The Balaban J connectivity index is 1.42. The summed E-state index contributed by atoms with van der Waals surface area (Å²) in [5, 5.41) is 11.6. The van der Waals surface area contributed by atoms with Crippen LogP contribution in [0.1, 0.15) is 12.5 Å². The molecule has 3 rings (SSSR count). The highest BCUT2D eigenvalue weighted by atomic mass is 16.6. The van der Waals surface area contributed by atoms with Gasteiger partial charge in [0.05, 0.1) is 26.0 Å². The fourth-order valence-electron chi connectivity index (χ4n) is 2.43. The lowest BCUT2D eigenvalue weighted by atomic mass is 10.2. The lowest BCUT2D eigenvalue weighted by Crippen LogP contribution is -2.12. The molecule has 0 aliphatic carbocycles. The summed E-state index contributed by atoms with van der Waals surface area (Å²) in [6, 6.07) is 15.3. The second-order valence-electron chi connectivity index (χ2n) is 5.85. The third-order valence-electron chi connectivity index (χ3n) is 3.74. The standard InChI is InChI=1S/C21H24N4O4/c1-2-27-21-14-18(15-24-25-16-22-23-17-25)8-9-20(21)29-13-11-26-10-12-28-19-6-4-3-5-7-19/h3-9,14-17H,2,10-13H2,1H3. The molecule has 2 aromatic carbocycles. The fraction of sp³-hybridized carbons (Fsp3) is 0.286. The predicted molar refractivity (Wildman–Crippen MR) is 109 cm³/mol. The summed E-state index contributed by atoms with van der Waals surface area (Å²) in [4.78, 5) is 0. The van der Waals surface area contributed by atoms with Crippen LogP contribution in [0.5, 0.6) is 17.2 Å². The first-order valence-electron chi connectivity index (χ1n) is 9.39. The van der Waals surface area contributed by atoms with Crippen LogP contribution < -0.4 is 14.2 Å². The van der Waals surface area contributed by atoms with Crippen molar-refractivity contribution >= 4 is 6.21 Å². The molecule has 0 saturated heterocycles. The van der Waals surface area contributed by atoms with Crippen molar-refractivity contribution in [2.24, 2.45) is 5.10 Å². The molecule has 29 heavy (non-hydrogen) atoms. The summed E-state index contributed by atoms with van der Waals surface area (Å²) in [7, 11) is 0. The highest BCUT2D eigenvalue weighted by Crippen LogP contribution is 2.28. The highest BCUT2D eigenvalue weighted by Gasteiger charge is 2.06. The Morgan fingerprint density at radius 1 is 0.862 bits per heavy atom. The molecule has 3 aromatic rings. The van der Waals surface area contributed by atoms with Gasteiger partial charge in [-0.15, -0.1) is 10.2 Å². The van der Waals surface area contributed by atoms with Gasteiger partial charge in [0, 0.05) is 0 Å². The van der Waals surface area contributed by atoms with Gasteiger partial charge in [0.25, 0.3) is 0 Å². The molecule has 0 unspecified atom stereocenters. The summed E-state index contributed by atoms with van der Waals surface area (Å²) >= 11 is 0. The zero-order valence-corrected chi connectivity index (χ0v) is 16.3. The minimum Gasteiger partial charge on any atom is -0.491 e. The van der Waals surface area contributed by atoms with Crippen LogP contribution in [0.4, 0.5) is 0 Å². The normalized spacial score (nSPS) is 10.9. The maximum Gasteiger partial charge on any atom is 0.161 e. The third-order valence-corrected chi connectivity index (χ3v) is 3.74. The van der Waals surface area contributed by atoms with Gasteiger partial charge < -0.3 is 18.9 Å². The van der Waals surface area contributed by atoms with E-state index in [0.29, 0.717) is 44.5 Å². The van der Waals surface area contributed by atoms with Gasteiger partial charge in [-0.05, 0) is 42.8 Å². The van der Waals surface area contributed by atoms with Gasteiger partial charge in [-0.25, -0.2) is 4.68 Å². The van der Waals surface area contributed by atoms with Crippen LogP contribution in [-0.4, -0.2) is 54.1 Å². The predicted octanol–water partition coefficient (Wildman–Crippen LogP) is 3.03. The minimum absolute atomic E-state index is 0.416. The molecule has 0 N–H and O–H groups in total. The molecule has 0 saturated carbocycles. The van der Waals surface area contributed by atoms with E-state index in [1.165, 1.54) is 17.3 Å². The van der Waals surface area contributed by atoms with Gasteiger partial charge in [-0.1, -0.05) is 18.2 Å². The summed E-state index contributed by atoms with van der Waals surface area (Å²) in [6.45, 7) is 4.33. The molecule has 0 fully saturated rings. The maximum absolute atomic E-state index is 5.80. The van der Waals surface area contributed by atoms with Crippen LogP contribution in [0.15, 0.2) is 66.3 Å². The second kappa shape index (κ2) is 11.5. The van der Waals surface area contributed by atoms with Crippen LogP contribution in [0.25, 0.3) is 0 Å². The molecule has 0 radical (unpaired) electrons. The van der Waals surface area contributed by atoms with Gasteiger partial charge >= 0.3 is 0 Å². The van der Waals surface area contributed by atoms with Crippen LogP contribution in [-0.2, 0) is 4.74 Å². The van der Waals surface area contributed by atoms with Gasteiger partial charge in [0.2, 0.25) is 0 Å². The number of hydrogen-bond donors (Lipinski definition) is 0. The molecule has 152 valence electrons. The van der Waals surface area contributed by atoms with Gasteiger partial charge in [0.1, 0.15) is 31.6 Å². The smallest absolute Gasteiger partial charge is 0.161 e. The number of ether oxygens (including phenoxy) is 4. The zero-order chi connectivity index (χ0) is 20.2. The van der Waals surface area contributed by atoms with E-state index in [-0.39, 0.29) is 0 Å². The molecular formula is C21H24N4O4. The van der Waals surface area contributed by atoms with Crippen LogP contribution in [0, 0.1) is 0 Å². The number of hydrogen-bond acceptors (Lipinski definition) is 7. The van der Waals surface area contributed by atoms with E-state index in [1.807, 2.05) is 55.5 Å². The molecule has 1 heterocycles. The van der Waals surface area contributed by atoms with E-state index in [0.717, 1.165) is 11.3 Å². The van der Waals surface area contributed by atoms with Crippen molar-refractivity contribution in [1.82, 2.24) is 14.9 Å². The molecule has 0 bridgehead atoms. The Labute approximate surface area is 169 Å². The molecular weight excluding hydrogens is 372 g/mol. The van der Waals surface area contributed by atoms with Crippen molar-refractivity contribution < 1.29 is 18.9 Å².